The van der Waals surface area contributed by atoms with Gasteiger partial charge in [0.05, 0.1) is 11.6 Å². The molecular weight excluding hydrogens is 380 g/mol. The van der Waals surface area contributed by atoms with E-state index in [0.29, 0.717) is 11.5 Å². The molecule has 1 aromatic carbocycles. The van der Waals surface area contributed by atoms with Gasteiger partial charge in [-0.2, -0.15) is 5.10 Å². The number of carbonyl (C=O) groups is 2. The van der Waals surface area contributed by atoms with Crippen molar-refractivity contribution in [3.63, 3.8) is 0 Å². The van der Waals surface area contributed by atoms with Crippen LogP contribution < -0.4 is 21.3 Å². The van der Waals surface area contributed by atoms with Crippen molar-refractivity contribution >= 4 is 23.4 Å². The minimum Gasteiger partial charge on any atom is -0.322 e. The zero-order valence-electron chi connectivity index (χ0n) is 18.5. The molecule has 0 saturated carbocycles. The molecular formula is C22H32N6O2. The SMILES string of the molecule is CCC1C(=O)NC(n2nc(C(C)(C)C)cc2NC(=O)Nc2ccc(C)cc2)NC1C. The van der Waals surface area contributed by atoms with Crippen LogP contribution in [0.15, 0.2) is 30.3 Å². The second-order valence-electron chi connectivity index (χ2n) is 8.94. The number of urea groups is 1. The van der Waals surface area contributed by atoms with Crippen LogP contribution in [0.4, 0.5) is 16.3 Å². The number of hydrogen-bond donors (Lipinski definition) is 4. The molecule has 4 N–H and O–H groups in total. The Labute approximate surface area is 177 Å². The first-order valence-electron chi connectivity index (χ1n) is 10.4. The van der Waals surface area contributed by atoms with E-state index in [1.54, 1.807) is 4.68 Å². The Morgan fingerprint density at radius 1 is 1.20 bits per heavy atom. The number of anilines is 2. The van der Waals surface area contributed by atoms with Gasteiger partial charge in [0, 0.05) is 23.2 Å². The predicted octanol–water partition coefficient (Wildman–Crippen LogP) is 3.72. The Kier molecular flexibility index (Phi) is 6.17. The smallest absolute Gasteiger partial charge is 0.322 e. The van der Waals surface area contributed by atoms with Crippen LogP contribution in [0.2, 0.25) is 0 Å². The number of aromatic nitrogens is 2. The maximum atomic E-state index is 12.6. The van der Waals surface area contributed by atoms with E-state index < -0.39 is 6.29 Å². The summed E-state index contributed by atoms with van der Waals surface area (Å²) in [7, 11) is 0. The van der Waals surface area contributed by atoms with Gasteiger partial charge in [-0.3, -0.25) is 15.4 Å². The second kappa shape index (κ2) is 8.47. The Morgan fingerprint density at radius 2 is 1.87 bits per heavy atom. The average Bonchev–Trinajstić information content (AvgIpc) is 3.07. The lowest BCUT2D eigenvalue weighted by molar-refractivity contribution is -0.130. The summed E-state index contributed by atoms with van der Waals surface area (Å²) in [4.78, 5) is 25.2. The summed E-state index contributed by atoms with van der Waals surface area (Å²) in [6.07, 6.45) is 0.212. The molecule has 3 rings (SSSR count). The molecule has 8 nitrogen and oxygen atoms in total. The molecule has 1 aliphatic rings. The van der Waals surface area contributed by atoms with Gasteiger partial charge in [-0.05, 0) is 32.4 Å². The molecule has 0 spiro atoms. The minimum atomic E-state index is -0.541. The summed E-state index contributed by atoms with van der Waals surface area (Å²) in [5, 5.41) is 16.8. The van der Waals surface area contributed by atoms with Gasteiger partial charge in [0.1, 0.15) is 5.82 Å². The van der Waals surface area contributed by atoms with Gasteiger partial charge in [0.25, 0.3) is 0 Å². The molecule has 1 aromatic heterocycles. The molecule has 0 bridgehead atoms. The third-order valence-electron chi connectivity index (χ3n) is 5.38. The van der Waals surface area contributed by atoms with Gasteiger partial charge in [-0.1, -0.05) is 45.4 Å². The van der Waals surface area contributed by atoms with Crippen LogP contribution in [0, 0.1) is 12.8 Å². The largest absolute Gasteiger partial charge is 0.324 e. The average molecular weight is 413 g/mol. The Bertz CT molecular complexity index is 913. The first kappa shape index (κ1) is 21.8. The van der Waals surface area contributed by atoms with Crippen molar-refractivity contribution in [1.29, 1.82) is 0 Å². The van der Waals surface area contributed by atoms with Gasteiger partial charge < -0.3 is 10.6 Å². The lowest BCUT2D eigenvalue weighted by atomic mass is 9.92. The van der Waals surface area contributed by atoms with Gasteiger partial charge in [-0.25, -0.2) is 9.48 Å². The van der Waals surface area contributed by atoms with Crippen molar-refractivity contribution in [2.45, 2.75) is 65.7 Å². The number of amides is 3. The molecule has 1 saturated heterocycles. The van der Waals surface area contributed by atoms with Crippen LogP contribution in [0.1, 0.15) is 58.6 Å². The minimum absolute atomic E-state index is 0.00901. The highest BCUT2D eigenvalue weighted by Gasteiger charge is 2.35. The zero-order chi connectivity index (χ0) is 22.1. The van der Waals surface area contributed by atoms with Crippen LogP contribution in [0.5, 0.6) is 0 Å². The Balaban J connectivity index is 1.84. The zero-order valence-corrected chi connectivity index (χ0v) is 18.5. The molecule has 0 radical (unpaired) electrons. The van der Waals surface area contributed by atoms with Crippen LogP contribution in [0.25, 0.3) is 0 Å². The van der Waals surface area contributed by atoms with Crippen LogP contribution in [-0.4, -0.2) is 27.8 Å². The summed E-state index contributed by atoms with van der Waals surface area (Å²) >= 11 is 0. The highest BCUT2D eigenvalue weighted by molar-refractivity contribution is 5.99. The lowest BCUT2D eigenvalue weighted by Crippen LogP contribution is -2.57. The summed E-state index contributed by atoms with van der Waals surface area (Å²) < 4.78 is 1.63. The molecule has 0 aliphatic carbocycles. The Hall–Kier alpha value is -2.87. The second-order valence-corrected chi connectivity index (χ2v) is 8.94. The third-order valence-corrected chi connectivity index (χ3v) is 5.38. The number of benzene rings is 1. The van der Waals surface area contributed by atoms with Crippen molar-refractivity contribution in [2.24, 2.45) is 5.92 Å². The van der Waals surface area contributed by atoms with Crippen LogP contribution in [-0.2, 0) is 10.2 Å². The number of carbonyl (C=O) groups excluding carboxylic acids is 2. The molecule has 3 atom stereocenters. The highest BCUT2D eigenvalue weighted by Crippen LogP contribution is 2.27. The molecule has 3 amide bonds. The standard InChI is InChI=1S/C22H32N6O2/c1-7-16-14(3)23-20(26-19(16)29)28-18(12-17(27-28)22(4,5)6)25-21(30)24-15-10-8-13(2)9-11-15/h8-12,14,16,20,23H,7H2,1-6H3,(H,26,29)(H2,24,25,30). The van der Waals surface area contributed by atoms with Crippen LogP contribution >= 0.6 is 0 Å². The highest BCUT2D eigenvalue weighted by atomic mass is 16.2. The third kappa shape index (κ3) is 4.81. The summed E-state index contributed by atoms with van der Waals surface area (Å²) in [6.45, 7) is 12.1. The maximum absolute atomic E-state index is 12.6. The molecule has 1 aliphatic heterocycles. The number of hydrogen-bond acceptors (Lipinski definition) is 4. The summed E-state index contributed by atoms with van der Waals surface area (Å²) in [6, 6.07) is 9.03. The van der Waals surface area contributed by atoms with E-state index in [2.05, 4.69) is 42.0 Å². The van der Waals surface area contributed by atoms with Crippen LogP contribution in [0.3, 0.4) is 0 Å². The van der Waals surface area contributed by atoms with Crippen molar-refractivity contribution < 1.29 is 9.59 Å². The molecule has 1 fully saturated rings. The topological polar surface area (TPSA) is 100 Å². The number of aryl methyl sites for hydroxylation is 1. The summed E-state index contributed by atoms with van der Waals surface area (Å²) in [5.74, 6) is 0.390. The molecule has 162 valence electrons. The van der Waals surface area contributed by atoms with Crippen molar-refractivity contribution in [1.82, 2.24) is 20.4 Å². The molecule has 2 aromatic rings. The molecule has 2 heterocycles. The van der Waals surface area contributed by atoms with E-state index >= 15 is 0 Å². The monoisotopic (exact) mass is 412 g/mol. The maximum Gasteiger partial charge on any atom is 0.324 e. The molecule has 8 heteroatoms. The molecule has 3 unspecified atom stereocenters. The normalized spacial score (nSPS) is 21.8. The fourth-order valence-corrected chi connectivity index (χ4v) is 3.51. The number of rotatable bonds is 4. The number of nitrogens with one attached hydrogen (secondary N) is 4. The van der Waals surface area contributed by atoms with Gasteiger partial charge in [0.15, 0.2) is 6.29 Å². The Morgan fingerprint density at radius 3 is 2.43 bits per heavy atom. The van der Waals surface area contributed by atoms with E-state index in [1.807, 2.05) is 51.1 Å². The summed E-state index contributed by atoms with van der Waals surface area (Å²) in [5.41, 5.74) is 2.41. The first-order valence-corrected chi connectivity index (χ1v) is 10.4. The van der Waals surface area contributed by atoms with E-state index in [0.717, 1.165) is 17.7 Å². The van der Waals surface area contributed by atoms with Crippen molar-refractivity contribution in [3.8, 4) is 0 Å². The van der Waals surface area contributed by atoms with Crippen molar-refractivity contribution in [2.75, 3.05) is 10.6 Å². The first-order chi connectivity index (χ1) is 14.1. The lowest BCUT2D eigenvalue weighted by Gasteiger charge is -2.35. The fourth-order valence-electron chi connectivity index (χ4n) is 3.51. The quantitative estimate of drug-likeness (QED) is 0.615. The van der Waals surface area contributed by atoms with Crippen molar-refractivity contribution in [3.05, 3.63) is 41.6 Å². The van der Waals surface area contributed by atoms with Gasteiger partial charge in [-0.15, -0.1) is 0 Å². The van der Waals surface area contributed by atoms with Gasteiger partial charge in [0.2, 0.25) is 5.91 Å². The van der Waals surface area contributed by atoms with E-state index in [4.69, 9.17) is 5.10 Å². The fraction of sp³-hybridized carbons (Fsp3) is 0.500. The van der Waals surface area contributed by atoms with E-state index in [-0.39, 0.29) is 29.3 Å². The van der Waals surface area contributed by atoms with Gasteiger partial charge >= 0.3 is 6.03 Å². The number of nitrogens with zero attached hydrogens (tertiary/aromatic N) is 2. The van der Waals surface area contributed by atoms with E-state index in [1.165, 1.54) is 0 Å². The predicted molar refractivity (Wildman–Crippen MR) is 118 cm³/mol. The molecule has 30 heavy (non-hydrogen) atoms. The van der Waals surface area contributed by atoms with E-state index in [9.17, 15) is 9.59 Å².